The Morgan fingerprint density at radius 1 is 0.585 bits per heavy atom. The van der Waals surface area contributed by atoms with Gasteiger partial charge in [-0.1, -0.05) is 120 Å². The topological polar surface area (TPSA) is 127 Å². The molecular weight excluding hydrogens is 631 g/mol. The molecule has 8 radical (unpaired) electrons. The van der Waals surface area contributed by atoms with Crippen LogP contribution in [0.4, 0.5) is 0 Å². The first-order chi connectivity index (χ1) is 19.0. The van der Waals surface area contributed by atoms with Gasteiger partial charge >= 0.3 is 23.9 Å². The van der Waals surface area contributed by atoms with E-state index in [1.165, 1.54) is 12.8 Å². The monoisotopic (exact) mass is 688 g/mol. The van der Waals surface area contributed by atoms with Crippen molar-refractivity contribution in [2.75, 3.05) is 13.2 Å². The van der Waals surface area contributed by atoms with Crippen LogP contribution in [-0.4, -0.2) is 61.0 Å². The quantitative estimate of drug-likeness (QED) is 0.0841. The normalized spacial score (nSPS) is 11.3. The number of rotatable bonds is 18. The molecule has 0 aliphatic carbocycles. The molecule has 0 N–H and O–H groups in total. The fourth-order valence-corrected chi connectivity index (χ4v) is 2.56. The van der Waals surface area contributed by atoms with E-state index in [4.69, 9.17) is 9.47 Å². The first-order valence-electron chi connectivity index (χ1n) is 14.7. The van der Waals surface area contributed by atoms with Crippen molar-refractivity contribution >= 4 is 47.8 Å². The SMILES string of the molecule is CCCCC(CC)COC(=O)/C=C\C([O])=O.CCCCC(CC)COC(=O)/C=C\C([O])=O.[CH2]CCC.[CH2]CCC.[Sn]. The summed E-state index contributed by atoms with van der Waals surface area (Å²) in [6.07, 6.45) is 16.1. The molecule has 0 heterocycles. The average Bonchev–Trinajstić information content (AvgIpc) is 2.95. The van der Waals surface area contributed by atoms with Crippen LogP contribution in [0.25, 0.3) is 0 Å². The van der Waals surface area contributed by atoms with Gasteiger partial charge in [0.1, 0.15) is 0 Å². The van der Waals surface area contributed by atoms with Crippen molar-refractivity contribution in [1.82, 2.24) is 0 Å². The molecule has 0 saturated carbocycles. The molecule has 0 aliphatic heterocycles. The summed E-state index contributed by atoms with van der Waals surface area (Å²) < 4.78 is 9.85. The summed E-state index contributed by atoms with van der Waals surface area (Å²) in [5, 5.41) is 20.1. The number of hydrogen-bond donors (Lipinski definition) is 0. The van der Waals surface area contributed by atoms with E-state index in [-0.39, 0.29) is 23.9 Å². The maximum absolute atomic E-state index is 11.0. The molecule has 9 heteroatoms. The summed E-state index contributed by atoms with van der Waals surface area (Å²) in [6, 6.07) is 0. The van der Waals surface area contributed by atoms with Crippen molar-refractivity contribution in [3.8, 4) is 0 Å². The van der Waals surface area contributed by atoms with Crippen LogP contribution < -0.4 is 0 Å². The molecule has 0 spiro atoms. The van der Waals surface area contributed by atoms with Gasteiger partial charge in [0.25, 0.3) is 0 Å². The van der Waals surface area contributed by atoms with E-state index in [0.29, 0.717) is 37.2 Å². The van der Waals surface area contributed by atoms with Crippen LogP contribution in [-0.2, 0) is 38.9 Å². The van der Waals surface area contributed by atoms with Gasteiger partial charge in [0, 0.05) is 48.2 Å². The Bertz CT molecular complexity index is 602. The van der Waals surface area contributed by atoms with E-state index in [1.54, 1.807) is 0 Å². The Kier molecular flexibility index (Phi) is 48.0. The molecule has 2 unspecified atom stereocenters. The van der Waals surface area contributed by atoms with E-state index >= 15 is 0 Å². The van der Waals surface area contributed by atoms with Crippen LogP contribution in [0, 0.1) is 25.7 Å². The van der Waals surface area contributed by atoms with Crippen LogP contribution in [0.3, 0.4) is 0 Å². The molecule has 8 nitrogen and oxygen atoms in total. The summed E-state index contributed by atoms with van der Waals surface area (Å²) in [5.74, 6) is -3.32. The number of unbranched alkanes of at least 4 members (excludes halogenated alkanes) is 4. The predicted octanol–water partition coefficient (Wildman–Crippen LogP) is 7.38. The van der Waals surface area contributed by atoms with Crippen LogP contribution in [0.15, 0.2) is 24.3 Å². The van der Waals surface area contributed by atoms with Crippen molar-refractivity contribution in [2.45, 2.75) is 119 Å². The number of hydrogen-bond acceptors (Lipinski definition) is 6. The summed E-state index contributed by atoms with van der Waals surface area (Å²) in [5.41, 5.74) is 0. The molecule has 0 aliphatic rings. The minimum Gasteiger partial charge on any atom is -0.462 e. The number of carbonyl (C=O) groups is 4. The Morgan fingerprint density at radius 2 is 0.878 bits per heavy atom. The van der Waals surface area contributed by atoms with Gasteiger partial charge in [-0.2, -0.15) is 0 Å². The molecule has 0 rings (SSSR count). The molecule has 0 aromatic carbocycles. The Labute approximate surface area is 267 Å². The van der Waals surface area contributed by atoms with Crippen molar-refractivity contribution in [3.63, 3.8) is 0 Å². The third-order valence-corrected chi connectivity index (χ3v) is 5.43. The summed E-state index contributed by atoms with van der Waals surface area (Å²) in [7, 11) is 0. The third-order valence-electron chi connectivity index (χ3n) is 5.43. The van der Waals surface area contributed by atoms with Gasteiger partial charge in [-0.3, -0.25) is 0 Å². The van der Waals surface area contributed by atoms with Crippen molar-refractivity contribution in [3.05, 3.63) is 38.2 Å². The average molecular weight is 688 g/mol. The van der Waals surface area contributed by atoms with E-state index in [1.807, 2.05) is 13.8 Å². The van der Waals surface area contributed by atoms with Gasteiger partial charge < -0.3 is 9.47 Å². The minimum atomic E-state index is -1.39. The van der Waals surface area contributed by atoms with Crippen LogP contribution in [0.1, 0.15) is 119 Å². The zero-order valence-electron chi connectivity index (χ0n) is 26.5. The van der Waals surface area contributed by atoms with E-state index in [0.717, 1.165) is 76.4 Å². The Hall–Kier alpha value is -1.84. The molecule has 41 heavy (non-hydrogen) atoms. The molecule has 0 saturated heterocycles. The minimum absolute atomic E-state index is 0. The first-order valence-corrected chi connectivity index (χ1v) is 14.7. The van der Waals surface area contributed by atoms with Gasteiger partial charge in [0.15, 0.2) is 0 Å². The number of carbonyl (C=O) groups excluding carboxylic acids is 4. The standard InChI is InChI=1S/2C12H19O4.2C4H9.Sn/c2*1-3-5-6-10(4-2)9-16-12(15)8-7-11(13)14;2*1-3-4-2;/h2*7-8,10H,3-6,9H2,1-2H3;2*1,3-4H2,2H3;/b2*8-7-;;;. The van der Waals surface area contributed by atoms with Crippen molar-refractivity contribution in [2.24, 2.45) is 11.8 Å². The summed E-state index contributed by atoms with van der Waals surface area (Å²) >= 11 is 0. The Balaban J connectivity index is -0.000000163. The molecule has 0 fully saturated rings. The maximum atomic E-state index is 11.0. The van der Waals surface area contributed by atoms with Crippen LogP contribution in [0.2, 0.25) is 0 Å². The zero-order chi connectivity index (χ0) is 31.6. The van der Waals surface area contributed by atoms with Crippen LogP contribution >= 0.6 is 0 Å². The fraction of sp³-hybridized carbons (Fsp3) is 0.688. The van der Waals surface area contributed by atoms with E-state index < -0.39 is 23.9 Å². The number of esters is 2. The molecule has 2 atom stereocenters. The second kappa shape index (κ2) is 40.3. The van der Waals surface area contributed by atoms with Gasteiger partial charge in [-0.05, 0) is 24.7 Å². The van der Waals surface area contributed by atoms with Crippen molar-refractivity contribution in [1.29, 1.82) is 0 Å². The molecule has 0 aromatic heterocycles. The molecule has 0 aromatic rings. The molecule has 0 amide bonds. The second-order valence-corrected chi connectivity index (χ2v) is 9.10. The second-order valence-electron chi connectivity index (χ2n) is 9.10. The number of ether oxygens (including phenoxy) is 2. The fourth-order valence-electron chi connectivity index (χ4n) is 2.56. The van der Waals surface area contributed by atoms with E-state index in [2.05, 4.69) is 41.5 Å². The predicted molar refractivity (Wildman–Crippen MR) is 164 cm³/mol. The summed E-state index contributed by atoms with van der Waals surface area (Å²) in [4.78, 5) is 42.2. The zero-order valence-corrected chi connectivity index (χ0v) is 29.4. The summed E-state index contributed by atoms with van der Waals surface area (Å²) in [6.45, 7) is 20.5. The molecule has 236 valence electrons. The van der Waals surface area contributed by atoms with Gasteiger partial charge in [-0.15, -0.1) is 0 Å². The molecular formula is C32H56O8Sn. The maximum Gasteiger partial charge on any atom is 0.379 e. The van der Waals surface area contributed by atoms with Crippen molar-refractivity contribution < 1.29 is 38.9 Å². The van der Waals surface area contributed by atoms with Gasteiger partial charge in [-0.25, -0.2) is 29.4 Å². The van der Waals surface area contributed by atoms with E-state index in [9.17, 15) is 29.4 Å². The molecule has 0 bridgehead atoms. The van der Waals surface area contributed by atoms with Gasteiger partial charge in [0.05, 0.1) is 13.2 Å². The third kappa shape index (κ3) is 48.2. The van der Waals surface area contributed by atoms with Crippen LogP contribution in [0.5, 0.6) is 0 Å². The first kappa shape index (κ1) is 48.9. The largest absolute Gasteiger partial charge is 0.462 e. The van der Waals surface area contributed by atoms with Gasteiger partial charge in [0.2, 0.25) is 0 Å². The Morgan fingerprint density at radius 3 is 1.07 bits per heavy atom. The smallest absolute Gasteiger partial charge is 0.379 e.